The van der Waals surface area contributed by atoms with Gasteiger partial charge in [0.2, 0.25) is 15.9 Å². The van der Waals surface area contributed by atoms with Gasteiger partial charge in [0.15, 0.2) is 0 Å². The Balaban J connectivity index is 1.76. The topological polar surface area (TPSA) is 88.2 Å². The highest BCUT2D eigenvalue weighted by molar-refractivity contribution is 8.22. The average molecular weight is 526 g/mol. The van der Waals surface area contributed by atoms with Crippen LogP contribution in [0.1, 0.15) is 22.4 Å². The number of benzene rings is 1. The van der Waals surface area contributed by atoms with Gasteiger partial charge in [-0.25, -0.2) is 17.8 Å². The number of thiol groups is 1. The Hall–Kier alpha value is -3.56. The third-order valence-corrected chi connectivity index (χ3v) is 6.93. The van der Waals surface area contributed by atoms with Crippen molar-refractivity contribution < 1.29 is 30.8 Å². The first-order chi connectivity index (χ1) is 16.4. The average Bonchev–Trinajstić information content (AvgIpc) is 3.31. The van der Waals surface area contributed by atoms with Crippen LogP contribution in [0.3, 0.4) is 0 Å². The number of amides is 1. The lowest BCUT2D eigenvalue weighted by Crippen LogP contribution is -2.21. The third kappa shape index (κ3) is 6.97. The zero-order valence-corrected chi connectivity index (χ0v) is 19.8. The summed E-state index contributed by atoms with van der Waals surface area (Å²) in [5.74, 6) is 0.686. The lowest BCUT2D eigenvalue weighted by Gasteiger charge is -2.15. The number of anilines is 1. The molecule has 3 rings (SSSR count). The summed E-state index contributed by atoms with van der Waals surface area (Å²) in [6, 6.07) is 4.47. The monoisotopic (exact) mass is 525 g/mol. The van der Waals surface area contributed by atoms with Crippen LogP contribution in [0.5, 0.6) is 0 Å². The van der Waals surface area contributed by atoms with Gasteiger partial charge in [-0.2, -0.15) is 24.1 Å². The molecule has 1 aliphatic heterocycles. The zero-order chi connectivity index (χ0) is 25.8. The fourth-order valence-corrected chi connectivity index (χ4v) is 5.21. The summed E-state index contributed by atoms with van der Waals surface area (Å²) in [6.07, 6.45) is 7.51. The smallest absolute Gasteiger partial charge is 0.348 e. The van der Waals surface area contributed by atoms with Crippen LogP contribution in [-0.4, -0.2) is 25.6 Å². The van der Waals surface area contributed by atoms with E-state index in [0.717, 1.165) is 24.5 Å². The Kier molecular flexibility index (Phi) is 7.72. The van der Waals surface area contributed by atoms with Gasteiger partial charge >= 0.3 is 6.18 Å². The van der Waals surface area contributed by atoms with E-state index in [4.69, 9.17) is 6.42 Å². The van der Waals surface area contributed by atoms with Crippen LogP contribution < -0.4 is 10.0 Å². The molecular weight excluding hydrogens is 506 g/mol. The first kappa shape index (κ1) is 26.1. The molecule has 1 aromatic heterocycles. The number of halogens is 4. The second-order valence-corrected chi connectivity index (χ2v) is 10.9. The summed E-state index contributed by atoms with van der Waals surface area (Å²) in [5.41, 5.74) is -0.810. The molecule has 6 nitrogen and oxygen atoms in total. The molecule has 0 aliphatic carbocycles. The maximum atomic E-state index is 14.4. The summed E-state index contributed by atoms with van der Waals surface area (Å²) in [7, 11) is -4.95. The highest BCUT2D eigenvalue weighted by Gasteiger charge is 2.33. The van der Waals surface area contributed by atoms with Crippen LogP contribution in [0.15, 0.2) is 58.3 Å². The number of pyridine rings is 1. The van der Waals surface area contributed by atoms with Crippen molar-refractivity contribution in [3.8, 4) is 12.3 Å². The van der Waals surface area contributed by atoms with E-state index in [9.17, 15) is 30.8 Å². The molecule has 35 heavy (non-hydrogen) atoms. The van der Waals surface area contributed by atoms with Gasteiger partial charge in [0.1, 0.15) is 11.5 Å². The second-order valence-electron chi connectivity index (χ2n) is 7.27. The quantitative estimate of drug-likeness (QED) is 0.218. The van der Waals surface area contributed by atoms with Crippen molar-refractivity contribution in [3.05, 3.63) is 81.5 Å². The maximum absolute atomic E-state index is 14.4. The number of allylic oxidation sites excluding steroid dienone is 2. The fraction of sp³-hybridized carbons (Fsp3) is 0.130. The van der Waals surface area contributed by atoms with Crippen molar-refractivity contribution in [3.63, 3.8) is 0 Å². The lowest BCUT2D eigenvalue weighted by atomic mass is 10.1. The van der Waals surface area contributed by atoms with Gasteiger partial charge in [-0.1, -0.05) is 24.1 Å². The van der Waals surface area contributed by atoms with E-state index in [2.05, 4.69) is 16.2 Å². The van der Waals surface area contributed by atoms with Gasteiger partial charge in [0.25, 0.3) is 0 Å². The molecule has 0 spiro atoms. The van der Waals surface area contributed by atoms with E-state index in [1.165, 1.54) is 18.2 Å². The Morgan fingerprint density at radius 1 is 1.23 bits per heavy atom. The normalized spacial score (nSPS) is 14.3. The Morgan fingerprint density at radius 2 is 1.91 bits per heavy atom. The zero-order valence-electron chi connectivity index (χ0n) is 18.1. The van der Waals surface area contributed by atoms with Crippen molar-refractivity contribution in [2.75, 3.05) is 11.0 Å². The molecule has 2 heterocycles. The number of aromatic nitrogens is 1. The van der Waals surface area contributed by atoms with Crippen LogP contribution in [-0.2, 0) is 27.5 Å². The molecule has 184 valence electrons. The highest BCUT2D eigenvalue weighted by atomic mass is 32.2. The minimum Gasteiger partial charge on any atom is -0.348 e. The number of hydrogen-bond donors (Lipinski definition) is 3. The van der Waals surface area contributed by atoms with E-state index >= 15 is 0 Å². The van der Waals surface area contributed by atoms with Crippen molar-refractivity contribution in [1.29, 1.82) is 0 Å². The molecule has 0 saturated heterocycles. The third-order valence-electron chi connectivity index (χ3n) is 4.52. The molecular formula is C23H19F4N3O3S2. The van der Waals surface area contributed by atoms with Crippen LogP contribution in [0.4, 0.5) is 23.2 Å². The Labute approximate surface area is 202 Å². The van der Waals surface area contributed by atoms with Gasteiger partial charge in [0, 0.05) is 18.2 Å². The standard InChI is InChI=1S/C23H19F4N3O3S2/c1-3-16-12-15(13-18(24)21(16)30-35(2,32)33)14-28-20(31)9-7-17-6-8-19(23(25,26)27)29-22(17)34-10-4-5-11-34/h1,4-13,30,34H,14H2,2H3,(H,28,31). The minimum atomic E-state index is -4.60. The number of carbonyl (C=O) groups excluding carboxylic acids is 1. The van der Waals surface area contributed by atoms with Crippen LogP contribution in [0.25, 0.3) is 6.08 Å². The molecule has 2 N–H and O–H groups in total. The molecule has 0 saturated carbocycles. The molecule has 1 aliphatic rings. The van der Waals surface area contributed by atoms with E-state index in [1.807, 2.05) is 4.72 Å². The van der Waals surface area contributed by atoms with Crippen molar-refractivity contribution >= 4 is 38.6 Å². The fourth-order valence-electron chi connectivity index (χ4n) is 3.01. The lowest BCUT2D eigenvalue weighted by molar-refractivity contribution is -0.141. The van der Waals surface area contributed by atoms with Gasteiger partial charge in [-0.05, 0) is 40.7 Å². The number of alkyl halides is 3. The minimum absolute atomic E-state index is 0.0457. The molecule has 0 bridgehead atoms. The first-order valence-corrected chi connectivity index (χ1v) is 13.2. The largest absolute Gasteiger partial charge is 0.433 e. The second kappa shape index (κ2) is 10.4. The van der Waals surface area contributed by atoms with Crippen LogP contribution in [0, 0.1) is 18.2 Å². The summed E-state index contributed by atoms with van der Waals surface area (Å²) in [6.45, 7) is -0.135. The Bertz CT molecular complexity index is 1380. The van der Waals surface area contributed by atoms with Crippen LogP contribution in [0.2, 0.25) is 0 Å². The SMILES string of the molecule is C#Cc1cc(CNC(=O)C=Cc2ccc(C(F)(F)F)nc2[SH]2C=CC=C2)cc(F)c1NS(C)(=O)=O. The number of carbonyl (C=O) groups is 1. The predicted octanol–water partition coefficient (Wildman–Crippen LogP) is 4.32. The molecule has 0 fully saturated rings. The molecule has 0 radical (unpaired) electrons. The number of nitrogens with one attached hydrogen (secondary N) is 2. The van der Waals surface area contributed by atoms with E-state index in [1.54, 1.807) is 23.0 Å². The molecule has 12 heteroatoms. The number of terminal acetylenes is 1. The maximum Gasteiger partial charge on any atom is 0.433 e. The number of hydrogen-bond acceptors (Lipinski definition) is 4. The van der Waals surface area contributed by atoms with Gasteiger partial charge < -0.3 is 5.32 Å². The highest BCUT2D eigenvalue weighted by Crippen LogP contribution is 2.44. The van der Waals surface area contributed by atoms with Crippen molar-refractivity contribution in [1.82, 2.24) is 10.3 Å². The molecule has 0 unspecified atom stereocenters. The van der Waals surface area contributed by atoms with Crippen molar-refractivity contribution in [2.45, 2.75) is 17.7 Å². The molecule has 1 aromatic carbocycles. The molecule has 2 aromatic rings. The first-order valence-electron chi connectivity index (χ1n) is 9.81. The molecule has 1 amide bonds. The number of sulfonamides is 1. The van der Waals surface area contributed by atoms with Gasteiger partial charge in [-0.3, -0.25) is 9.52 Å². The van der Waals surface area contributed by atoms with E-state index in [-0.39, 0.29) is 28.4 Å². The van der Waals surface area contributed by atoms with E-state index < -0.39 is 44.5 Å². The number of rotatable bonds is 7. The Morgan fingerprint density at radius 3 is 2.51 bits per heavy atom. The summed E-state index contributed by atoms with van der Waals surface area (Å²) in [5, 5.41) is 6.21. The number of nitrogens with zero attached hydrogens (tertiary/aromatic N) is 1. The summed E-state index contributed by atoms with van der Waals surface area (Å²) >= 11 is 0. The van der Waals surface area contributed by atoms with Crippen molar-refractivity contribution in [2.24, 2.45) is 0 Å². The summed E-state index contributed by atoms with van der Waals surface area (Å²) in [4.78, 5) is 16.1. The summed E-state index contributed by atoms with van der Waals surface area (Å²) < 4.78 is 78.5. The molecule has 0 atom stereocenters. The van der Waals surface area contributed by atoms with Gasteiger partial charge in [0.05, 0.1) is 22.5 Å². The predicted molar refractivity (Wildman–Crippen MR) is 128 cm³/mol. The van der Waals surface area contributed by atoms with E-state index in [0.29, 0.717) is 5.56 Å². The van der Waals surface area contributed by atoms with Crippen LogP contribution >= 0.6 is 10.9 Å². The van der Waals surface area contributed by atoms with Gasteiger partial charge in [-0.15, -0.1) is 6.42 Å².